The molecule has 118 valence electrons. The molecule has 1 aromatic carbocycles. The van der Waals surface area contributed by atoms with Gasteiger partial charge in [0.05, 0.1) is 0 Å². The number of pyridine rings is 1. The first-order chi connectivity index (χ1) is 11.1. The predicted octanol–water partition coefficient (Wildman–Crippen LogP) is 2.14. The van der Waals surface area contributed by atoms with Gasteiger partial charge < -0.3 is 10.2 Å². The summed E-state index contributed by atoms with van der Waals surface area (Å²) in [7, 11) is 1.71. The number of aromatic nitrogens is 1. The SMILES string of the molecule is CN(C(=O)C1(C(=O)NCc2cccnc2)CC1)c1ccccc1. The van der Waals surface area contributed by atoms with Crippen molar-refractivity contribution < 1.29 is 9.59 Å². The van der Waals surface area contributed by atoms with Crippen LogP contribution in [-0.4, -0.2) is 23.8 Å². The van der Waals surface area contributed by atoms with Crippen LogP contribution in [0.25, 0.3) is 0 Å². The molecule has 0 radical (unpaired) electrons. The van der Waals surface area contributed by atoms with Crippen LogP contribution < -0.4 is 10.2 Å². The number of hydrogen-bond donors (Lipinski definition) is 1. The van der Waals surface area contributed by atoms with Crippen molar-refractivity contribution in [3.05, 3.63) is 60.4 Å². The lowest BCUT2D eigenvalue weighted by Gasteiger charge is -2.23. The highest BCUT2D eigenvalue weighted by Crippen LogP contribution is 2.47. The summed E-state index contributed by atoms with van der Waals surface area (Å²) < 4.78 is 0. The Morgan fingerprint density at radius 3 is 2.52 bits per heavy atom. The normalized spacial score (nSPS) is 14.8. The average molecular weight is 309 g/mol. The molecule has 2 aromatic rings. The van der Waals surface area contributed by atoms with Crippen LogP contribution in [0.15, 0.2) is 54.9 Å². The van der Waals surface area contributed by atoms with Crippen LogP contribution in [0.1, 0.15) is 18.4 Å². The second-order valence-corrected chi connectivity index (χ2v) is 5.83. The molecular formula is C18H19N3O2. The minimum absolute atomic E-state index is 0.146. The average Bonchev–Trinajstić information content (AvgIpc) is 3.42. The zero-order valence-electron chi connectivity index (χ0n) is 13.0. The van der Waals surface area contributed by atoms with Crippen molar-refractivity contribution in [3.8, 4) is 0 Å². The highest BCUT2D eigenvalue weighted by Gasteiger charge is 2.57. The van der Waals surface area contributed by atoms with Crippen molar-refractivity contribution in [1.82, 2.24) is 10.3 Å². The fourth-order valence-corrected chi connectivity index (χ4v) is 2.61. The smallest absolute Gasteiger partial charge is 0.242 e. The van der Waals surface area contributed by atoms with E-state index in [4.69, 9.17) is 0 Å². The minimum atomic E-state index is -0.910. The fourth-order valence-electron chi connectivity index (χ4n) is 2.61. The molecule has 23 heavy (non-hydrogen) atoms. The van der Waals surface area contributed by atoms with E-state index in [1.54, 1.807) is 24.3 Å². The minimum Gasteiger partial charge on any atom is -0.351 e. The molecule has 2 amide bonds. The topological polar surface area (TPSA) is 62.3 Å². The van der Waals surface area contributed by atoms with Gasteiger partial charge in [0, 0.05) is 31.7 Å². The third-order valence-electron chi connectivity index (χ3n) is 4.22. The Kier molecular flexibility index (Phi) is 4.10. The molecule has 0 atom stereocenters. The number of amides is 2. The zero-order chi connectivity index (χ0) is 16.3. The number of hydrogen-bond acceptors (Lipinski definition) is 3. The van der Waals surface area contributed by atoms with Crippen LogP contribution in [0.2, 0.25) is 0 Å². The van der Waals surface area contributed by atoms with Gasteiger partial charge in [-0.05, 0) is 36.6 Å². The molecular weight excluding hydrogens is 290 g/mol. The van der Waals surface area contributed by atoms with Gasteiger partial charge in [0.15, 0.2) is 0 Å². The maximum atomic E-state index is 12.7. The Morgan fingerprint density at radius 1 is 1.17 bits per heavy atom. The van der Waals surface area contributed by atoms with E-state index in [-0.39, 0.29) is 11.8 Å². The summed E-state index contributed by atoms with van der Waals surface area (Å²) >= 11 is 0. The van der Waals surface area contributed by atoms with Gasteiger partial charge >= 0.3 is 0 Å². The largest absolute Gasteiger partial charge is 0.351 e. The van der Waals surface area contributed by atoms with Crippen molar-refractivity contribution in [2.24, 2.45) is 5.41 Å². The third-order valence-corrected chi connectivity index (χ3v) is 4.22. The maximum Gasteiger partial charge on any atom is 0.242 e. The van der Waals surface area contributed by atoms with Crippen molar-refractivity contribution in [2.45, 2.75) is 19.4 Å². The summed E-state index contributed by atoms with van der Waals surface area (Å²) in [5.74, 6) is -0.346. The van der Waals surface area contributed by atoms with Crippen LogP contribution >= 0.6 is 0 Å². The molecule has 5 heteroatoms. The maximum absolute atomic E-state index is 12.7. The molecule has 1 aromatic heterocycles. The summed E-state index contributed by atoms with van der Waals surface area (Å²) in [5, 5.41) is 2.86. The summed E-state index contributed by atoms with van der Waals surface area (Å²) in [6.07, 6.45) is 4.59. The zero-order valence-corrected chi connectivity index (χ0v) is 13.0. The van der Waals surface area contributed by atoms with E-state index in [1.165, 1.54) is 0 Å². The van der Waals surface area contributed by atoms with Gasteiger partial charge in [-0.2, -0.15) is 0 Å². The summed E-state index contributed by atoms with van der Waals surface area (Å²) in [5.41, 5.74) is 0.802. The van der Waals surface area contributed by atoms with E-state index in [9.17, 15) is 9.59 Å². The molecule has 1 heterocycles. The monoisotopic (exact) mass is 309 g/mol. The van der Waals surface area contributed by atoms with E-state index in [0.29, 0.717) is 19.4 Å². The lowest BCUT2D eigenvalue weighted by molar-refractivity contribution is -0.135. The number of benzene rings is 1. The summed E-state index contributed by atoms with van der Waals surface area (Å²) in [6, 6.07) is 13.1. The van der Waals surface area contributed by atoms with Crippen molar-refractivity contribution in [2.75, 3.05) is 11.9 Å². The van der Waals surface area contributed by atoms with E-state index < -0.39 is 5.41 Å². The molecule has 0 unspecified atom stereocenters. The summed E-state index contributed by atoms with van der Waals surface area (Å²) in [6.45, 7) is 0.386. The Hall–Kier alpha value is -2.69. The lowest BCUT2D eigenvalue weighted by Crippen LogP contribution is -2.43. The molecule has 1 saturated carbocycles. The fraction of sp³-hybridized carbons (Fsp3) is 0.278. The van der Waals surface area contributed by atoms with Gasteiger partial charge in [0.2, 0.25) is 11.8 Å². The first-order valence-electron chi connectivity index (χ1n) is 7.64. The van der Waals surface area contributed by atoms with E-state index in [0.717, 1.165) is 11.3 Å². The Bertz CT molecular complexity index is 697. The van der Waals surface area contributed by atoms with Gasteiger partial charge in [-0.25, -0.2) is 0 Å². The molecule has 0 aliphatic heterocycles. The van der Waals surface area contributed by atoms with Gasteiger partial charge in [-0.1, -0.05) is 24.3 Å². The molecule has 0 spiro atoms. The molecule has 0 bridgehead atoms. The van der Waals surface area contributed by atoms with E-state index in [2.05, 4.69) is 10.3 Å². The molecule has 1 aliphatic carbocycles. The van der Waals surface area contributed by atoms with E-state index >= 15 is 0 Å². The quantitative estimate of drug-likeness (QED) is 0.861. The van der Waals surface area contributed by atoms with Gasteiger partial charge in [-0.3, -0.25) is 14.6 Å². The van der Waals surface area contributed by atoms with Gasteiger partial charge in [-0.15, -0.1) is 0 Å². The first kappa shape index (κ1) is 15.2. The molecule has 5 nitrogen and oxygen atoms in total. The second-order valence-electron chi connectivity index (χ2n) is 5.83. The highest BCUT2D eigenvalue weighted by atomic mass is 16.2. The number of nitrogens with zero attached hydrogens (tertiary/aromatic N) is 2. The van der Waals surface area contributed by atoms with Crippen LogP contribution in [0.5, 0.6) is 0 Å². The van der Waals surface area contributed by atoms with Crippen LogP contribution in [-0.2, 0) is 16.1 Å². The molecule has 3 rings (SSSR count). The number of anilines is 1. The standard InChI is InChI=1S/C18H19N3O2/c1-21(15-7-3-2-4-8-15)17(23)18(9-10-18)16(22)20-13-14-6-5-11-19-12-14/h2-8,11-12H,9-10,13H2,1H3,(H,20,22). The molecule has 1 aliphatic rings. The van der Waals surface area contributed by atoms with Crippen LogP contribution in [0.3, 0.4) is 0 Å². The van der Waals surface area contributed by atoms with Crippen LogP contribution in [0, 0.1) is 5.41 Å². The third kappa shape index (κ3) is 3.08. The van der Waals surface area contributed by atoms with Crippen molar-refractivity contribution in [3.63, 3.8) is 0 Å². The molecule has 1 fully saturated rings. The predicted molar refractivity (Wildman–Crippen MR) is 87.6 cm³/mol. The van der Waals surface area contributed by atoms with Crippen molar-refractivity contribution in [1.29, 1.82) is 0 Å². The van der Waals surface area contributed by atoms with Crippen LogP contribution in [0.4, 0.5) is 5.69 Å². The van der Waals surface area contributed by atoms with Crippen molar-refractivity contribution >= 4 is 17.5 Å². The number of para-hydroxylation sites is 1. The van der Waals surface area contributed by atoms with E-state index in [1.807, 2.05) is 42.5 Å². The summed E-state index contributed by atoms with van der Waals surface area (Å²) in [4.78, 5) is 30.8. The second kappa shape index (κ2) is 6.20. The van der Waals surface area contributed by atoms with Gasteiger partial charge in [0.1, 0.15) is 5.41 Å². The Balaban J connectivity index is 1.66. The number of rotatable bonds is 5. The number of nitrogens with one attached hydrogen (secondary N) is 1. The Labute approximate surface area is 135 Å². The highest BCUT2D eigenvalue weighted by molar-refractivity contribution is 6.13. The Morgan fingerprint density at radius 2 is 1.91 bits per heavy atom. The van der Waals surface area contributed by atoms with Gasteiger partial charge in [0.25, 0.3) is 0 Å². The number of carbonyl (C=O) groups is 2. The lowest BCUT2D eigenvalue weighted by atomic mass is 10.0. The molecule has 1 N–H and O–H groups in total. The molecule has 0 saturated heterocycles. The first-order valence-corrected chi connectivity index (χ1v) is 7.64. The number of carbonyl (C=O) groups excluding carboxylic acids is 2.